The van der Waals surface area contributed by atoms with Crippen LogP contribution in [0, 0.1) is 15.9 Å². The topological polar surface area (TPSA) is 127 Å². The second-order valence-corrected chi connectivity index (χ2v) is 7.39. The van der Waals surface area contributed by atoms with Gasteiger partial charge in [-0.15, -0.1) is 21.5 Å². The van der Waals surface area contributed by atoms with Crippen molar-refractivity contribution in [3.8, 4) is 0 Å². The molecule has 0 saturated heterocycles. The van der Waals surface area contributed by atoms with Crippen LogP contribution in [0.25, 0.3) is 0 Å². The minimum absolute atomic E-state index is 0.0409. The van der Waals surface area contributed by atoms with E-state index in [0.717, 1.165) is 23.9 Å². The zero-order valence-electron chi connectivity index (χ0n) is 14.5. The average molecular weight is 433 g/mol. The van der Waals surface area contributed by atoms with Gasteiger partial charge in [0.15, 0.2) is 5.82 Å². The van der Waals surface area contributed by atoms with Gasteiger partial charge in [-0.25, -0.2) is 0 Å². The summed E-state index contributed by atoms with van der Waals surface area (Å²) in [5, 5.41) is 25.8. The summed E-state index contributed by atoms with van der Waals surface area (Å²) in [5.41, 5.74) is -0.608. The number of benzene rings is 1. The van der Waals surface area contributed by atoms with E-state index in [9.17, 15) is 24.1 Å². The minimum atomic E-state index is -0.982. The molecular weight excluding hydrogens is 421 g/mol. The van der Waals surface area contributed by atoms with Gasteiger partial charge < -0.3 is 10.6 Å². The van der Waals surface area contributed by atoms with Gasteiger partial charge in [-0.2, -0.15) is 4.39 Å². The van der Waals surface area contributed by atoms with Crippen molar-refractivity contribution in [2.24, 2.45) is 0 Å². The number of hydrogen-bond acceptors (Lipinski definition) is 8. The van der Waals surface area contributed by atoms with Gasteiger partial charge in [0.25, 0.3) is 5.91 Å². The third kappa shape index (κ3) is 5.56. The lowest BCUT2D eigenvalue weighted by Crippen LogP contribution is -2.14. The highest BCUT2D eigenvalue weighted by molar-refractivity contribution is 7.99. The number of nitrogens with zero attached hydrogens (tertiary/aromatic N) is 3. The van der Waals surface area contributed by atoms with Crippen LogP contribution in [-0.4, -0.2) is 32.7 Å². The molecule has 148 valence electrons. The van der Waals surface area contributed by atoms with Crippen molar-refractivity contribution in [2.45, 2.75) is 5.03 Å². The van der Waals surface area contributed by atoms with Crippen molar-refractivity contribution >= 4 is 52.1 Å². The van der Waals surface area contributed by atoms with E-state index >= 15 is 0 Å². The number of aromatic nitrogens is 2. The number of rotatable bonds is 7. The first-order valence-electron chi connectivity index (χ1n) is 7.97. The third-order valence-electron chi connectivity index (χ3n) is 3.40. The van der Waals surface area contributed by atoms with E-state index in [1.807, 2.05) is 0 Å². The average Bonchev–Trinajstić information content (AvgIpc) is 3.24. The van der Waals surface area contributed by atoms with Gasteiger partial charge in [-0.3, -0.25) is 19.7 Å². The number of carbonyl (C=O) groups excluding carboxylic acids is 2. The summed E-state index contributed by atoms with van der Waals surface area (Å²) in [6, 6.07) is 9.69. The molecule has 0 aliphatic heterocycles. The molecule has 0 aliphatic carbocycles. The van der Waals surface area contributed by atoms with Crippen LogP contribution < -0.4 is 10.6 Å². The van der Waals surface area contributed by atoms with Crippen LogP contribution in [0.5, 0.6) is 0 Å². The van der Waals surface area contributed by atoms with E-state index in [2.05, 4.69) is 20.8 Å². The first-order valence-corrected chi connectivity index (χ1v) is 9.84. The predicted octanol–water partition coefficient (Wildman–Crippen LogP) is 3.57. The maximum absolute atomic E-state index is 13.3. The zero-order chi connectivity index (χ0) is 20.8. The van der Waals surface area contributed by atoms with Crippen molar-refractivity contribution in [3.05, 3.63) is 68.7 Å². The number of nitro groups is 1. The Morgan fingerprint density at radius 3 is 2.66 bits per heavy atom. The second-order valence-electron chi connectivity index (χ2n) is 5.45. The number of hydrogen-bond donors (Lipinski definition) is 2. The maximum Gasteiger partial charge on any atom is 0.306 e. The fraction of sp³-hybridized carbons (Fsp3) is 0.0588. The van der Waals surface area contributed by atoms with E-state index in [1.165, 1.54) is 17.4 Å². The summed E-state index contributed by atoms with van der Waals surface area (Å²) >= 11 is 2.38. The first kappa shape index (κ1) is 20.4. The minimum Gasteiger partial charge on any atom is -0.325 e. The van der Waals surface area contributed by atoms with Crippen molar-refractivity contribution in [2.75, 3.05) is 16.4 Å². The smallest absolute Gasteiger partial charge is 0.306 e. The molecule has 3 aromatic rings. The molecule has 0 aliphatic rings. The summed E-state index contributed by atoms with van der Waals surface area (Å²) in [4.78, 5) is 34.4. The molecule has 2 amide bonds. The molecule has 1 aromatic carbocycles. The Morgan fingerprint density at radius 1 is 1.17 bits per heavy atom. The highest BCUT2D eigenvalue weighted by Crippen LogP contribution is 2.22. The van der Waals surface area contributed by atoms with Crippen molar-refractivity contribution in [1.29, 1.82) is 0 Å². The molecule has 0 fully saturated rings. The highest BCUT2D eigenvalue weighted by Gasteiger charge is 2.15. The summed E-state index contributed by atoms with van der Waals surface area (Å²) in [7, 11) is 0. The molecule has 0 spiro atoms. The zero-order valence-corrected chi connectivity index (χ0v) is 16.1. The van der Waals surface area contributed by atoms with Crippen LogP contribution in [0.15, 0.2) is 52.9 Å². The number of nitro benzene ring substituents is 1. The van der Waals surface area contributed by atoms with Gasteiger partial charge in [0.1, 0.15) is 5.03 Å². The Hall–Kier alpha value is -3.38. The normalized spacial score (nSPS) is 10.4. The van der Waals surface area contributed by atoms with Gasteiger partial charge in [0.2, 0.25) is 11.7 Å². The largest absolute Gasteiger partial charge is 0.325 e. The maximum atomic E-state index is 13.3. The summed E-state index contributed by atoms with van der Waals surface area (Å²) in [5.74, 6) is -1.49. The Kier molecular flexibility index (Phi) is 6.46. The van der Waals surface area contributed by atoms with E-state index in [-0.39, 0.29) is 23.2 Å². The molecule has 2 N–H and O–H groups in total. The Morgan fingerprint density at radius 2 is 2.00 bits per heavy atom. The van der Waals surface area contributed by atoms with E-state index in [4.69, 9.17) is 0 Å². The number of nitrogens with one attached hydrogen (secondary N) is 2. The Bertz CT molecular complexity index is 1040. The van der Waals surface area contributed by atoms with Gasteiger partial charge in [0.05, 0.1) is 15.6 Å². The summed E-state index contributed by atoms with van der Waals surface area (Å²) in [6.45, 7) is 0. The van der Waals surface area contributed by atoms with Crippen LogP contribution in [0.1, 0.15) is 9.67 Å². The lowest BCUT2D eigenvalue weighted by molar-refractivity contribution is -0.387. The summed E-state index contributed by atoms with van der Waals surface area (Å²) in [6.07, 6.45) is 0. The van der Waals surface area contributed by atoms with Crippen LogP contribution in [-0.2, 0) is 4.79 Å². The van der Waals surface area contributed by atoms with Gasteiger partial charge in [-0.1, -0.05) is 17.8 Å². The van der Waals surface area contributed by atoms with E-state index in [0.29, 0.717) is 9.90 Å². The first-order chi connectivity index (χ1) is 13.9. The monoisotopic (exact) mass is 433 g/mol. The van der Waals surface area contributed by atoms with Gasteiger partial charge in [0, 0.05) is 11.8 Å². The quantitative estimate of drug-likeness (QED) is 0.331. The number of thioether (sulfide) groups is 1. The summed E-state index contributed by atoms with van der Waals surface area (Å²) < 4.78 is 13.3. The van der Waals surface area contributed by atoms with Crippen molar-refractivity contribution < 1.29 is 18.9 Å². The number of carbonyl (C=O) groups is 2. The van der Waals surface area contributed by atoms with Crippen LogP contribution in [0.2, 0.25) is 0 Å². The molecule has 12 heteroatoms. The van der Waals surface area contributed by atoms with Gasteiger partial charge >= 0.3 is 5.69 Å². The number of anilines is 2. The predicted molar refractivity (Wildman–Crippen MR) is 107 cm³/mol. The molecule has 3 rings (SSSR count). The fourth-order valence-corrected chi connectivity index (χ4v) is 3.35. The second kappa shape index (κ2) is 9.21. The van der Waals surface area contributed by atoms with E-state index < -0.39 is 22.3 Å². The van der Waals surface area contributed by atoms with Crippen LogP contribution >= 0.6 is 23.1 Å². The molecule has 0 atom stereocenters. The molecule has 2 aromatic heterocycles. The lowest BCUT2D eigenvalue weighted by Gasteiger charge is -2.06. The highest BCUT2D eigenvalue weighted by atomic mass is 32.2. The third-order valence-corrected chi connectivity index (χ3v) is 5.19. The molecule has 2 heterocycles. The number of halogens is 1. The fourth-order valence-electron chi connectivity index (χ4n) is 2.12. The van der Waals surface area contributed by atoms with E-state index in [1.54, 1.807) is 29.6 Å². The van der Waals surface area contributed by atoms with Crippen LogP contribution in [0.4, 0.5) is 21.6 Å². The van der Waals surface area contributed by atoms with Gasteiger partial charge in [-0.05, 0) is 35.7 Å². The van der Waals surface area contributed by atoms with Crippen LogP contribution in [0.3, 0.4) is 0 Å². The molecule has 0 radical (unpaired) electrons. The SMILES string of the molecule is O=C(CSc1ccc(NC(=O)c2cccs2)nn1)Nc1ccc(F)c([N+](=O)[O-])c1. The molecule has 0 bridgehead atoms. The lowest BCUT2D eigenvalue weighted by atomic mass is 10.2. The Labute approximate surface area is 171 Å². The van der Waals surface area contributed by atoms with Crippen molar-refractivity contribution in [3.63, 3.8) is 0 Å². The Balaban J connectivity index is 1.52. The molecule has 0 saturated carbocycles. The van der Waals surface area contributed by atoms with Crippen molar-refractivity contribution in [1.82, 2.24) is 10.2 Å². The number of thiophene rings is 1. The molecule has 29 heavy (non-hydrogen) atoms. The molecule has 0 unspecified atom stereocenters. The molecule has 9 nitrogen and oxygen atoms in total. The standard InChI is InChI=1S/C17H12FN5O4S2/c18-11-4-3-10(8-12(11)23(26)27)19-15(24)9-29-16-6-5-14(21-22-16)20-17(25)13-2-1-7-28-13/h1-8H,9H2,(H,19,24)(H,20,21,25). The molecular formula is C17H12FN5O4S2. The number of amides is 2.